The van der Waals surface area contributed by atoms with E-state index in [1.807, 2.05) is 6.20 Å². The van der Waals surface area contributed by atoms with Crippen LogP contribution in [0.25, 0.3) is 0 Å². The number of nitrogens with one attached hydrogen (secondary N) is 1. The van der Waals surface area contributed by atoms with E-state index in [0.29, 0.717) is 6.54 Å². The van der Waals surface area contributed by atoms with Crippen molar-refractivity contribution < 1.29 is 0 Å². The fourth-order valence-corrected chi connectivity index (χ4v) is 3.07. The third-order valence-electron chi connectivity index (χ3n) is 2.62. The van der Waals surface area contributed by atoms with Gasteiger partial charge in [-0.3, -0.25) is 0 Å². The Hall–Kier alpha value is -0.910. The van der Waals surface area contributed by atoms with Crippen LogP contribution in [0.15, 0.2) is 23.7 Å². The second-order valence-electron chi connectivity index (χ2n) is 4.55. The molecule has 3 nitrogen and oxygen atoms in total. The zero-order valence-corrected chi connectivity index (χ0v) is 11.7. The van der Waals surface area contributed by atoms with E-state index in [1.165, 1.54) is 4.88 Å². The van der Waals surface area contributed by atoms with E-state index in [-0.39, 0.29) is 5.41 Å². The third-order valence-corrected chi connectivity index (χ3v) is 4.84. The number of aromatic nitrogens is 1. The first kappa shape index (κ1) is 12.5. The van der Waals surface area contributed by atoms with Crippen LogP contribution in [0.5, 0.6) is 0 Å². The summed E-state index contributed by atoms with van der Waals surface area (Å²) in [5, 5.41) is 6.46. The van der Waals surface area contributed by atoms with Crippen molar-refractivity contribution in [3.63, 3.8) is 0 Å². The number of nitrogens with zero attached hydrogens (tertiary/aromatic N) is 1. The average Bonchev–Trinajstić information content (AvgIpc) is 2.98. The van der Waals surface area contributed by atoms with E-state index in [0.717, 1.165) is 16.6 Å². The molecule has 0 amide bonds. The molecule has 0 saturated carbocycles. The largest absolute Gasteiger partial charge is 0.361 e. The molecule has 0 saturated heterocycles. The monoisotopic (exact) mass is 267 g/mol. The van der Waals surface area contributed by atoms with Crippen LogP contribution in [0, 0.1) is 0 Å². The van der Waals surface area contributed by atoms with Gasteiger partial charge < -0.3 is 11.1 Å². The highest BCUT2D eigenvalue weighted by atomic mass is 32.1. The van der Waals surface area contributed by atoms with E-state index < -0.39 is 0 Å². The molecule has 2 aromatic heterocycles. The van der Waals surface area contributed by atoms with Gasteiger partial charge >= 0.3 is 0 Å². The molecule has 0 aliphatic rings. The maximum atomic E-state index is 5.57. The van der Waals surface area contributed by atoms with Gasteiger partial charge in [0.05, 0.1) is 0 Å². The van der Waals surface area contributed by atoms with Crippen LogP contribution in [-0.4, -0.2) is 11.5 Å². The van der Waals surface area contributed by atoms with Gasteiger partial charge in [-0.2, -0.15) is 0 Å². The molecule has 92 valence electrons. The normalized spacial score (nSPS) is 11.7. The smallest absolute Gasteiger partial charge is 0.182 e. The van der Waals surface area contributed by atoms with Crippen molar-refractivity contribution >= 4 is 27.8 Å². The number of nitrogens with two attached hydrogens (primary N) is 1. The fourth-order valence-electron chi connectivity index (χ4n) is 1.53. The minimum atomic E-state index is 0.128. The lowest BCUT2D eigenvalue weighted by Gasteiger charge is -2.23. The van der Waals surface area contributed by atoms with Crippen molar-refractivity contribution in [3.05, 3.63) is 33.5 Å². The summed E-state index contributed by atoms with van der Waals surface area (Å²) in [5.74, 6) is 0. The molecule has 0 aromatic carbocycles. The Morgan fingerprint density at radius 1 is 1.47 bits per heavy atom. The Balaban J connectivity index is 1.97. The first-order valence-electron chi connectivity index (χ1n) is 5.54. The van der Waals surface area contributed by atoms with Gasteiger partial charge in [0.2, 0.25) is 0 Å². The van der Waals surface area contributed by atoms with Gasteiger partial charge in [-0.25, -0.2) is 4.98 Å². The number of thiophene rings is 1. The summed E-state index contributed by atoms with van der Waals surface area (Å²) in [6, 6.07) is 4.27. The number of thiazole rings is 1. The molecule has 0 fully saturated rings. The van der Waals surface area contributed by atoms with Crippen LogP contribution in [-0.2, 0) is 12.0 Å². The fraction of sp³-hybridized carbons (Fsp3) is 0.417. The maximum absolute atomic E-state index is 5.57. The quantitative estimate of drug-likeness (QED) is 0.875. The molecule has 2 heterocycles. The van der Waals surface area contributed by atoms with Gasteiger partial charge in [0.25, 0.3) is 0 Å². The summed E-state index contributed by atoms with van der Waals surface area (Å²) < 4.78 is 0. The van der Waals surface area contributed by atoms with Crippen LogP contribution >= 0.6 is 22.7 Å². The van der Waals surface area contributed by atoms with Crippen LogP contribution in [0.2, 0.25) is 0 Å². The summed E-state index contributed by atoms with van der Waals surface area (Å²) in [4.78, 5) is 6.80. The van der Waals surface area contributed by atoms with Crippen molar-refractivity contribution in [2.75, 3.05) is 11.9 Å². The van der Waals surface area contributed by atoms with Gasteiger partial charge in [0.1, 0.15) is 0 Å². The summed E-state index contributed by atoms with van der Waals surface area (Å²) in [7, 11) is 0. The lowest BCUT2D eigenvalue weighted by atomic mass is 9.91. The van der Waals surface area contributed by atoms with Crippen molar-refractivity contribution in [1.29, 1.82) is 0 Å². The van der Waals surface area contributed by atoms with E-state index in [4.69, 9.17) is 5.73 Å². The summed E-state index contributed by atoms with van der Waals surface area (Å²) in [5.41, 5.74) is 5.69. The second kappa shape index (κ2) is 5.16. The topological polar surface area (TPSA) is 50.9 Å². The first-order chi connectivity index (χ1) is 8.12. The second-order valence-corrected chi connectivity index (χ2v) is 6.61. The number of rotatable bonds is 5. The molecule has 0 aliphatic carbocycles. The Morgan fingerprint density at radius 2 is 2.29 bits per heavy atom. The highest BCUT2D eigenvalue weighted by Gasteiger charge is 2.21. The maximum Gasteiger partial charge on any atom is 0.182 e. The summed E-state index contributed by atoms with van der Waals surface area (Å²) in [6.07, 6.45) is 1.84. The van der Waals surface area contributed by atoms with Crippen molar-refractivity contribution in [1.82, 2.24) is 4.98 Å². The van der Waals surface area contributed by atoms with Crippen LogP contribution in [0.3, 0.4) is 0 Å². The Labute approximate surface area is 110 Å². The number of hydrogen-bond donors (Lipinski definition) is 2. The molecule has 0 aliphatic heterocycles. The molecule has 0 spiro atoms. The minimum Gasteiger partial charge on any atom is -0.361 e. The number of anilines is 1. The summed E-state index contributed by atoms with van der Waals surface area (Å²) >= 11 is 3.42. The van der Waals surface area contributed by atoms with E-state index in [2.05, 4.69) is 41.7 Å². The lowest BCUT2D eigenvalue weighted by Crippen LogP contribution is -2.26. The molecule has 0 unspecified atom stereocenters. The SMILES string of the molecule is CC(C)(CNc1ncc(CN)s1)c1cccs1. The van der Waals surface area contributed by atoms with Crippen LogP contribution in [0.1, 0.15) is 23.6 Å². The van der Waals surface area contributed by atoms with Gasteiger partial charge in [0.15, 0.2) is 5.13 Å². The third kappa shape index (κ3) is 3.06. The lowest BCUT2D eigenvalue weighted by molar-refractivity contribution is 0.569. The molecule has 3 N–H and O–H groups in total. The standard InChI is InChI=1S/C12H17N3S2/c1-12(2,10-4-3-5-16-10)8-15-11-14-7-9(6-13)17-11/h3-5,7H,6,8,13H2,1-2H3,(H,14,15). The minimum absolute atomic E-state index is 0.128. The van der Waals surface area contributed by atoms with E-state index in [9.17, 15) is 0 Å². The Morgan fingerprint density at radius 3 is 2.88 bits per heavy atom. The summed E-state index contributed by atoms with van der Waals surface area (Å²) in [6.45, 7) is 5.92. The molecule has 0 bridgehead atoms. The first-order valence-corrected chi connectivity index (χ1v) is 7.24. The molecule has 5 heteroatoms. The molecule has 0 atom stereocenters. The van der Waals surface area contributed by atoms with Crippen molar-refractivity contribution in [2.45, 2.75) is 25.8 Å². The van der Waals surface area contributed by atoms with Crippen molar-refractivity contribution in [3.8, 4) is 0 Å². The van der Waals surface area contributed by atoms with Crippen LogP contribution < -0.4 is 11.1 Å². The highest BCUT2D eigenvalue weighted by molar-refractivity contribution is 7.15. The molecular formula is C12H17N3S2. The van der Waals surface area contributed by atoms with Crippen molar-refractivity contribution in [2.24, 2.45) is 5.73 Å². The molecule has 2 aromatic rings. The van der Waals surface area contributed by atoms with E-state index >= 15 is 0 Å². The molecular weight excluding hydrogens is 250 g/mol. The Kier molecular flexibility index (Phi) is 3.81. The van der Waals surface area contributed by atoms with Crippen LogP contribution in [0.4, 0.5) is 5.13 Å². The predicted octanol–water partition coefficient (Wildman–Crippen LogP) is 3.05. The van der Waals surface area contributed by atoms with E-state index in [1.54, 1.807) is 22.7 Å². The van der Waals surface area contributed by atoms with Gasteiger partial charge in [-0.1, -0.05) is 19.9 Å². The zero-order chi connectivity index (χ0) is 12.3. The highest BCUT2D eigenvalue weighted by Crippen LogP contribution is 2.28. The van der Waals surface area contributed by atoms with Gasteiger partial charge in [-0.15, -0.1) is 22.7 Å². The van der Waals surface area contributed by atoms with Gasteiger partial charge in [-0.05, 0) is 11.4 Å². The Bertz CT molecular complexity index is 460. The van der Waals surface area contributed by atoms with Gasteiger partial charge in [0, 0.05) is 34.5 Å². The zero-order valence-electron chi connectivity index (χ0n) is 10.1. The molecule has 0 radical (unpaired) electrons. The average molecular weight is 267 g/mol. The molecule has 17 heavy (non-hydrogen) atoms. The predicted molar refractivity (Wildman–Crippen MR) is 75.8 cm³/mol. The number of hydrogen-bond acceptors (Lipinski definition) is 5. The molecule has 2 rings (SSSR count).